The van der Waals surface area contributed by atoms with Crippen LogP contribution >= 0.6 is 11.6 Å². The van der Waals surface area contributed by atoms with E-state index in [1.807, 2.05) is 38.1 Å². The third-order valence-electron chi connectivity index (χ3n) is 5.29. The Kier molecular flexibility index (Phi) is 7.34. The number of guanidine groups is 1. The van der Waals surface area contributed by atoms with Crippen molar-refractivity contribution in [1.82, 2.24) is 20.5 Å². The van der Waals surface area contributed by atoms with Crippen molar-refractivity contribution < 1.29 is 4.42 Å². The molecule has 1 aliphatic rings. The maximum Gasteiger partial charge on any atom is 0.208 e. The van der Waals surface area contributed by atoms with Crippen LogP contribution in [0, 0.1) is 19.8 Å². The number of benzene rings is 1. The molecule has 1 aromatic heterocycles. The minimum absolute atomic E-state index is 0.651. The highest BCUT2D eigenvalue weighted by Crippen LogP contribution is 2.19. The quantitative estimate of drug-likeness (QED) is 0.570. The van der Waals surface area contributed by atoms with Crippen LogP contribution in [0.25, 0.3) is 0 Å². The van der Waals surface area contributed by atoms with Crippen molar-refractivity contribution in [2.75, 3.05) is 26.7 Å². The number of aromatic nitrogens is 1. The molecular weight excluding hydrogens is 374 g/mol. The molecule has 2 aromatic rings. The predicted molar refractivity (Wildman–Crippen MR) is 114 cm³/mol. The molecule has 2 heterocycles. The van der Waals surface area contributed by atoms with Crippen LogP contribution in [0.5, 0.6) is 0 Å². The molecule has 1 fully saturated rings. The second kappa shape index (κ2) is 9.94. The number of oxazole rings is 1. The van der Waals surface area contributed by atoms with Gasteiger partial charge in [-0.3, -0.25) is 9.89 Å². The van der Waals surface area contributed by atoms with E-state index in [-0.39, 0.29) is 0 Å². The molecule has 152 valence electrons. The molecule has 7 heteroatoms. The fourth-order valence-electron chi connectivity index (χ4n) is 3.40. The van der Waals surface area contributed by atoms with E-state index < -0.39 is 0 Å². The first-order valence-electron chi connectivity index (χ1n) is 9.87. The third-order valence-corrected chi connectivity index (χ3v) is 5.55. The molecule has 0 radical (unpaired) electrons. The van der Waals surface area contributed by atoms with Crippen molar-refractivity contribution in [2.45, 2.75) is 39.8 Å². The van der Waals surface area contributed by atoms with E-state index in [0.717, 1.165) is 61.1 Å². The molecular formula is C21H30ClN5O. The largest absolute Gasteiger partial charge is 0.444 e. The maximum atomic E-state index is 5.93. The molecule has 1 saturated heterocycles. The zero-order valence-electron chi connectivity index (χ0n) is 17.0. The van der Waals surface area contributed by atoms with E-state index in [4.69, 9.17) is 16.0 Å². The number of rotatable bonds is 6. The zero-order chi connectivity index (χ0) is 19.9. The summed E-state index contributed by atoms with van der Waals surface area (Å²) in [5, 5.41) is 7.57. The molecule has 0 atom stereocenters. The van der Waals surface area contributed by atoms with Gasteiger partial charge in [0.25, 0.3) is 0 Å². The monoisotopic (exact) mass is 403 g/mol. The minimum atomic E-state index is 0.651. The summed E-state index contributed by atoms with van der Waals surface area (Å²) in [6.45, 7) is 8.58. The van der Waals surface area contributed by atoms with Crippen LogP contribution in [0.1, 0.15) is 35.7 Å². The summed E-state index contributed by atoms with van der Waals surface area (Å²) < 4.78 is 5.71. The number of hydrogen-bond acceptors (Lipinski definition) is 4. The minimum Gasteiger partial charge on any atom is -0.444 e. The van der Waals surface area contributed by atoms with Gasteiger partial charge in [0.05, 0.1) is 12.2 Å². The van der Waals surface area contributed by atoms with E-state index in [1.165, 1.54) is 18.4 Å². The summed E-state index contributed by atoms with van der Waals surface area (Å²) in [5.74, 6) is 3.24. The first-order valence-corrected chi connectivity index (χ1v) is 10.3. The summed E-state index contributed by atoms with van der Waals surface area (Å²) >= 11 is 5.93. The second-order valence-electron chi connectivity index (χ2n) is 7.40. The highest BCUT2D eigenvalue weighted by molar-refractivity contribution is 6.30. The number of piperidine rings is 1. The normalized spacial score (nSPS) is 16.4. The number of likely N-dealkylation sites (tertiary alicyclic amines) is 1. The van der Waals surface area contributed by atoms with E-state index >= 15 is 0 Å². The molecule has 2 N–H and O–H groups in total. The molecule has 0 amide bonds. The van der Waals surface area contributed by atoms with Gasteiger partial charge in [-0.1, -0.05) is 23.7 Å². The Labute approximate surface area is 172 Å². The second-order valence-corrected chi connectivity index (χ2v) is 7.84. The average Bonchev–Trinajstić information content (AvgIpc) is 3.01. The van der Waals surface area contributed by atoms with Gasteiger partial charge in [-0.25, -0.2) is 4.98 Å². The van der Waals surface area contributed by atoms with Crippen molar-refractivity contribution in [2.24, 2.45) is 10.9 Å². The Morgan fingerprint density at radius 3 is 2.54 bits per heavy atom. The van der Waals surface area contributed by atoms with Crippen molar-refractivity contribution in [3.63, 3.8) is 0 Å². The predicted octanol–water partition coefficient (Wildman–Crippen LogP) is 3.52. The zero-order valence-corrected chi connectivity index (χ0v) is 17.7. The number of aliphatic imine (C=N–C) groups is 1. The van der Waals surface area contributed by atoms with Gasteiger partial charge in [-0.2, -0.15) is 0 Å². The van der Waals surface area contributed by atoms with E-state index in [9.17, 15) is 0 Å². The SMILES string of the molecule is CN=C(NCc1ccc(Cl)cc1)NCC1CCN(Cc2nc(C)c(C)o2)CC1. The van der Waals surface area contributed by atoms with E-state index in [1.54, 1.807) is 7.05 Å². The maximum absolute atomic E-state index is 5.93. The van der Waals surface area contributed by atoms with Crippen LogP contribution in [0.15, 0.2) is 33.7 Å². The fourth-order valence-corrected chi connectivity index (χ4v) is 3.52. The van der Waals surface area contributed by atoms with Gasteiger partial charge in [-0.05, 0) is 63.4 Å². The van der Waals surface area contributed by atoms with Gasteiger partial charge in [-0.15, -0.1) is 0 Å². The molecule has 1 aliphatic heterocycles. The standard InChI is InChI=1S/C21H30ClN5O/c1-15-16(2)28-20(26-15)14-27-10-8-18(9-11-27)13-25-21(23-3)24-12-17-4-6-19(22)7-5-17/h4-7,18H,8-14H2,1-3H3,(H2,23,24,25). The molecule has 1 aromatic carbocycles. The molecule has 0 saturated carbocycles. The Morgan fingerprint density at radius 2 is 1.93 bits per heavy atom. The summed E-state index contributed by atoms with van der Waals surface area (Å²) in [6.07, 6.45) is 2.33. The van der Waals surface area contributed by atoms with Crippen molar-refractivity contribution in [1.29, 1.82) is 0 Å². The van der Waals surface area contributed by atoms with Gasteiger partial charge >= 0.3 is 0 Å². The Balaban J connectivity index is 1.37. The van der Waals surface area contributed by atoms with E-state index in [2.05, 4.69) is 25.5 Å². The summed E-state index contributed by atoms with van der Waals surface area (Å²) in [5.41, 5.74) is 2.17. The van der Waals surface area contributed by atoms with Gasteiger partial charge in [0.15, 0.2) is 5.96 Å². The summed E-state index contributed by atoms with van der Waals surface area (Å²) in [7, 11) is 1.81. The van der Waals surface area contributed by atoms with Gasteiger partial charge in [0, 0.05) is 25.2 Å². The average molecular weight is 404 g/mol. The molecule has 0 aliphatic carbocycles. The lowest BCUT2D eigenvalue weighted by atomic mass is 9.97. The molecule has 0 unspecified atom stereocenters. The Hall–Kier alpha value is -2.05. The topological polar surface area (TPSA) is 65.7 Å². The molecule has 0 bridgehead atoms. The first-order chi connectivity index (χ1) is 13.5. The number of nitrogens with one attached hydrogen (secondary N) is 2. The van der Waals surface area contributed by atoms with Gasteiger partial charge in [0.2, 0.25) is 5.89 Å². The summed E-state index contributed by atoms with van der Waals surface area (Å²) in [6, 6.07) is 7.86. The highest BCUT2D eigenvalue weighted by Gasteiger charge is 2.21. The number of nitrogens with zero attached hydrogens (tertiary/aromatic N) is 3. The van der Waals surface area contributed by atoms with Crippen LogP contribution in [0.2, 0.25) is 5.02 Å². The number of hydrogen-bond donors (Lipinski definition) is 2. The molecule has 28 heavy (non-hydrogen) atoms. The van der Waals surface area contributed by atoms with Gasteiger partial charge in [0.1, 0.15) is 5.76 Å². The molecule has 3 rings (SSSR count). The van der Waals surface area contributed by atoms with Crippen LogP contribution in [0.4, 0.5) is 0 Å². The number of halogens is 1. The van der Waals surface area contributed by atoms with Gasteiger partial charge < -0.3 is 15.1 Å². The smallest absolute Gasteiger partial charge is 0.208 e. The Bertz CT molecular complexity index is 759. The Morgan fingerprint density at radius 1 is 1.21 bits per heavy atom. The van der Waals surface area contributed by atoms with Crippen molar-refractivity contribution in [3.8, 4) is 0 Å². The highest BCUT2D eigenvalue weighted by atomic mass is 35.5. The van der Waals surface area contributed by atoms with Crippen LogP contribution < -0.4 is 10.6 Å². The van der Waals surface area contributed by atoms with Crippen molar-refractivity contribution >= 4 is 17.6 Å². The van der Waals surface area contributed by atoms with Crippen molar-refractivity contribution in [3.05, 3.63) is 52.2 Å². The lowest BCUT2D eigenvalue weighted by Gasteiger charge is -2.31. The van der Waals surface area contributed by atoms with Crippen LogP contribution in [-0.4, -0.2) is 42.5 Å². The van der Waals surface area contributed by atoms with Crippen LogP contribution in [0.3, 0.4) is 0 Å². The van der Waals surface area contributed by atoms with E-state index in [0.29, 0.717) is 5.92 Å². The lowest BCUT2D eigenvalue weighted by Crippen LogP contribution is -2.42. The third kappa shape index (κ3) is 5.97. The van der Waals surface area contributed by atoms with Crippen LogP contribution in [-0.2, 0) is 13.1 Å². The molecule has 0 spiro atoms. The lowest BCUT2D eigenvalue weighted by molar-refractivity contribution is 0.164. The first kappa shape index (κ1) is 20.7. The number of aryl methyl sites for hydroxylation is 2. The summed E-state index contributed by atoms with van der Waals surface area (Å²) in [4.78, 5) is 11.2. The fraction of sp³-hybridized carbons (Fsp3) is 0.524. The molecule has 6 nitrogen and oxygen atoms in total.